The van der Waals surface area contributed by atoms with Gasteiger partial charge in [-0.05, 0) is 67.8 Å². The van der Waals surface area contributed by atoms with Gasteiger partial charge in [0.05, 0.1) is 49.9 Å². The third-order valence-corrected chi connectivity index (χ3v) is 7.68. The highest BCUT2D eigenvalue weighted by Crippen LogP contribution is 2.38. The normalized spacial score (nSPS) is 16.0. The van der Waals surface area contributed by atoms with Gasteiger partial charge in [0.1, 0.15) is 12.7 Å². The molecule has 14 heteroatoms. The first-order valence-electron chi connectivity index (χ1n) is 9.38. The largest absolute Gasteiger partial charge is 0.395 e. The minimum Gasteiger partial charge on any atom is -0.395 e. The highest BCUT2D eigenvalue weighted by Gasteiger charge is 2.33. The maximum atomic E-state index is 13.0. The van der Waals surface area contributed by atoms with Gasteiger partial charge in [0.25, 0.3) is 17.7 Å². The highest BCUT2D eigenvalue weighted by molar-refractivity contribution is 14.1. The SMILES string of the molecule is O=C(NCCO)c1c(I)c(C(=O)NCC(O)C(O)CO)c(I)c(N2CCOCC2=O)c1I. The van der Waals surface area contributed by atoms with Crippen LogP contribution in [0.4, 0.5) is 5.69 Å². The minimum absolute atomic E-state index is 0.00949. The molecule has 1 aromatic carbocycles. The predicted octanol–water partition coefficient (Wildman–Crippen LogP) is -0.970. The minimum atomic E-state index is -1.42. The molecule has 0 aromatic heterocycles. The smallest absolute Gasteiger partial charge is 0.253 e. The summed E-state index contributed by atoms with van der Waals surface area (Å²) in [5.74, 6) is -1.46. The number of amides is 3. The maximum Gasteiger partial charge on any atom is 0.253 e. The first-order valence-corrected chi connectivity index (χ1v) is 12.6. The van der Waals surface area contributed by atoms with Gasteiger partial charge in [-0.3, -0.25) is 14.4 Å². The van der Waals surface area contributed by atoms with Crippen LogP contribution >= 0.6 is 67.8 Å². The molecule has 0 spiro atoms. The fourth-order valence-electron chi connectivity index (χ4n) is 2.84. The number of ether oxygens (including phenoxy) is 1. The molecule has 0 aliphatic carbocycles. The number of aliphatic hydroxyl groups excluding tert-OH is 4. The molecule has 1 aliphatic rings. The molecule has 11 nitrogen and oxygen atoms in total. The fourth-order valence-corrected chi connectivity index (χ4v) is 7.57. The molecule has 6 N–H and O–H groups in total. The van der Waals surface area contributed by atoms with E-state index in [2.05, 4.69) is 10.6 Å². The summed E-state index contributed by atoms with van der Waals surface area (Å²) in [6, 6.07) is 0. The van der Waals surface area contributed by atoms with Gasteiger partial charge in [0, 0.05) is 23.2 Å². The Morgan fingerprint density at radius 2 is 1.59 bits per heavy atom. The summed E-state index contributed by atoms with van der Waals surface area (Å²) in [7, 11) is 0. The molecule has 2 unspecified atom stereocenters. The Hall–Kier alpha value is -0.380. The molecule has 0 saturated carbocycles. The molecule has 1 heterocycles. The van der Waals surface area contributed by atoms with Crippen LogP contribution in [0, 0.1) is 10.7 Å². The van der Waals surface area contributed by atoms with E-state index < -0.39 is 30.6 Å². The Morgan fingerprint density at radius 1 is 1.00 bits per heavy atom. The fraction of sp³-hybridized carbons (Fsp3) is 0.500. The van der Waals surface area contributed by atoms with E-state index in [9.17, 15) is 24.6 Å². The van der Waals surface area contributed by atoms with Crippen LogP contribution in [-0.4, -0.2) is 96.4 Å². The zero-order valence-corrected chi connectivity index (χ0v) is 23.1. The van der Waals surface area contributed by atoms with Crippen molar-refractivity contribution >= 4 is 91.2 Å². The Balaban J connectivity index is 2.56. The summed E-state index contributed by atoms with van der Waals surface area (Å²) < 4.78 is 6.41. The van der Waals surface area contributed by atoms with E-state index in [1.165, 1.54) is 4.90 Å². The number of carbonyl (C=O) groups excluding carboxylic acids is 3. The summed E-state index contributed by atoms with van der Waals surface area (Å²) in [6.45, 7) is -0.859. The van der Waals surface area contributed by atoms with E-state index in [0.717, 1.165) is 0 Å². The Kier molecular flexibility index (Phi) is 11.2. The van der Waals surface area contributed by atoms with Gasteiger partial charge < -0.3 is 40.7 Å². The van der Waals surface area contributed by atoms with Crippen LogP contribution < -0.4 is 15.5 Å². The number of aliphatic hydroxyl groups is 4. The van der Waals surface area contributed by atoms with E-state index >= 15 is 0 Å². The van der Waals surface area contributed by atoms with E-state index in [1.54, 1.807) is 0 Å². The van der Waals surface area contributed by atoms with E-state index in [1.807, 2.05) is 67.8 Å². The number of halogens is 3. The van der Waals surface area contributed by atoms with Crippen molar-refractivity contribution in [2.45, 2.75) is 12.2 Å². The molecule has 0 bridgehead atoms. The summed E-state index contributed by atoms with van der Waals surface area (Å²) >= 11 is 5.77. The Morgan fingerprint density at radius 3 is 2.12 bits per heavy atom. The van der Waals surface area contributed by atoms with Crippen molar-refractivity contribution < 1.29 is 39.5 Å². The van der Waals surface area contributed by atoms with Crippen molar-refractivity contribution in [2.75, 3.05) is 51.0 Å². The monoisotopic (exact) mass is 789 g/mol. The molecule has 178 valence electrons. The van der Waals surface area contributed by atoms with Crippen LogP contribution in [0.5, 0.6) is 0 Å². The third-order valence-electron chi connectivity index (χ3n) is 4.50. The molecule has 1 fully saturated rings. The Labute approximate surface area is 224 Å². The van der Waals surface area contributed by atoms with Crippen LogP contribution in [0.1, 0.15) is 20.7 Å². The van der Waals surface area contributed by atoms with Crippen molar-refractivity contribution in [1.82, 2.24) is 10.6 Å². The number of hydrogen-bond acceptors (Lipinski definition) is 8. The summed E-state index contributed by atoms with van der Waals surface area (Å²) in [4.78, 5) is 39.9. The molecule has 3 amide bonds. The molecule has 1 aromatic rings. The van der Waals surface area contributed by atoms with Gasteiger partial charge in [-0.25, -0.2) is 0 Å². The first kappa shape index (κ1) is 27.9. The molecule has 1 aliphatic heterocycles. The average Bonchev–Trinajstić information content (AvgIpc) is 2.76. The second-order valence-electron chi connectivity index (χ2n) is 6.65. The van der Waals surface area contributed by atoms with Crippen LogP contribution in [0.2, 0.25) is 0 Å². The first-order chi connectivity index (χ1) is 15.1. The van der Waals surface area contributed by atoms with Crippen LogP contribution in [-0.2, 0) is 9.53 Å². The molecule has 2 atom stereocenters. The van der Waals surface area contributed by atoms with Crippen molar-refractivity contribution in [3.8, 4) is 0 Å². The predicted molar refractivity (Wildman–Crippen MR) is 139 cm³/mol. The lowest BCUT2D eigenvalue weighted by Gasteiger charge is -2.30. The number of nitrogens with zero attached hydrogens (tertiary/aromatic N) is 1. The average molecular weight is 789 g/mol. The molecule has 0 radical (unpaired) electrons. The number of nitrogens with one attached hydrogen (secondary N) is 2. The molecular formula is C18H22I3N3O8. The van der Waals surface area contributed by atoms with Gasteiger partial charge in [0.2, 0.25) is 0 Å². The number of hydrogen-bond donors (Lipinski definition) is 6. The van der Waals surface area contributed by atoms with Gasteiger partial charge >= 0.3 is 0 Å². The van der Waals surface area contributed by atoms with Crippen molar-refractivity contribution in [2.24, 2.45) is 0 Å². The number of rotatable bonds is 9. The van der Waals surface area contributed by atoms with Crippen molar-refractivity contribution in [3.05, 3.63) is 21.8 Å². The number of carbonyl (C=O) groups is 3. The molecule has 32 heavy (non-hydrogen) atoms. The lowest BCUT2D eigenvalue weighted by molar-refractivity contribution is -0.125. The van der Waals surface area contributed by atoms with Crippen LogP contribution in [0.3, 0.4) is 0 Å². The lowest BCUT2D eigenvalue weighted by atomic mass is 10.1. The van der Waals surface area contributed by atoms with E-state index in [4.69, 9.17) is 14.9 Å². The molecular weight excluding hydrogens is 767 g/mol. The Bertz CT molecular complexity index is 886. The summed E-state index contributed by atoms with van der Waals surface area (Å²) in [5.41, 5.74) is 0.700. The lowest BCUT2D eigenvalue weighted by Crippen LogP contribution is -2.44. The number of anilines is 1. The van der Waals surface area contributed by atoms with E-state index in [-0.39, 0.29) is 49.9 Å². The molecule has 2 rings (SSSR count). The van der Waals surface area contributed by atoms with Gasteiger partial charge in [0.15, 0.2) is 0 Å². The quantitative estimate of drug-likeness (QED) is 0.174. The zero-order chi connectivity index (χ0) is 24.0. The maximum absolute atomic E-state index is 13.0. The standard InChI is InChI=1S/C18H22I3N3O8/c19-13-11(17(30)22-1-3-25)14(20)16(24-2-4-32-7-10(24)29)15(21)12(13)18(31)23-5-8(27)9(28)6-26/h8-9,25-28H,1-7H2,(H,22,30)(H,23,31). The van der Waals surface area contributed by atoms with Crippen molar-refractivity contribution in [3.63, 3.8) is 0 Å². The van der Waals surface area contributed by atoms with E-state index in [0.29, 0.717) is 23.0 Å². The van der Waals surface area contributed by atoms with Gasteiger partial charge in [-0.1, -0.05) is 0 Å². The number of benzene rings is 1. The van der Waals surface area contributed by atoms with Crippen molar-refractivity contribution in [1.29, 1.82) is 0 Å². The van der Waals surface area contributed by atoms with Gasteiger partial charge in [-0.2, -0.15) is 0 Å². The third kappa shape index (κ3) is 6.39. The van der Waals surface area contributed by atoms with Crippen LogP contribution in [0.15, 0.2) is 0 Å². The summed E-state index contributed by atoms with van der Waals surface area (Å²) in [6.07, 6.45) is -2.82. The highest BCUT2D eigenvalue weighted by atomic mass is 127. The number of morpholine rings is 1. The summed E-state index contributed by atoms with van der Waals surface area (Å²) in [5, 5.41) is 42.4. The topological polar surface area (TPSA) is 169 Å². The second-order valence-corrected chi connectivity index (χ2v) is 9.88. The second kappa shape index (κ2) is 12.9. The zero-order valence-electron chi connectivity index (χ0n) is 16.6. The van der Waals surface area contributed by atoms with Gasteiger partial charge in [-0.15, -0.1) is 0 Å². The van der Waals surface area contributed by atoms with Crippen LogP contribution in [0.25, 0.3) is 0 Å². The molecule has 1 saturated heterocycles.